The molecular weight excluding hydrogens is 478 g/mol. The molecule has 0 amide bonds. The summed E-state index contributed by atoms with van der Waals surface area (Å²) in [5, 5.41) is 21.0. The van der Waals surface area contributed by atoms with Crippen LogP contribution in [-0.2, 0) is 21.3 Å². The number of methoxy groups -OCH3 is 1. The van der Waals surface area contributed by atoms with E-state index >= 15 is 0 Å². The van der Waals surface area contributed by atoms with Crippen molar-refractivity contribution in [1.29, 1.82) is 0 Å². The highest BCUT2D eigenvalue weighted by Gasteiger charge is 2.24. The zero-order valence-electron chi connectivity index (χ0n) is 17.2. The Balaban J connectivity index is 2.05. The highest BCUT2D eigenvalue weighted by molar-refractivity contribution is 7.99. The number of ether oxygens (including phenoxy) is 1. The van der Waals surface area contributed by atoms with E-state index in [0.717, 1.165) is 17.8 Å². The topological polar surface area (TPSA) is 129 Å². The minimum atomic E-state index is -3.83. The molecule has 3 aromatic rings. The van der Waals surface area contributed by atoms with Crippen LogP contribution in [0.3, 0.4) is 0 Å². The van der Waals surface area contributed by atoms with Crippen molar-refractivity contribution >= 4 is 39.1 Å². The minimum Gasteiger partial charge on any atom is -0.385 e. The number of rotatable bonds is 10. The molecule has 0 radical (unpaired) electrons. The van der Waals surface area contributed by atoms with Crippen molar-refractivity contribution in [2.75, 3.05) is 20.8 Å². The SMILES string of the molecule is CNS(=O)(=O)c1ccc(Sc2nnc(-c3ccccc3Cl)n2CCCOC)c([N+](=O)[O-])c1. The summed E-state index contributed by atoms with van der Waals surface area (Å²) >= 11 is 7.36. The third kappa shape index (κ3) is 5.27. The lowest BCUT2D eigenvalue weighted by atomic mass is 10.2. The van der Waals surface area contributed by atoms with E-state index in [1.807, 2.05) is 16.7 Å². The summed E-state index contributed by atoms with van der Waals surface area (Å²) in [4.78, 5) is 11.1. The monoisotopic (exact) mass is 497 g/mol. The summed E-state index contributed by atoms with van der Waals surface area (Å²) in [7, 11) is -0.992. The van der Waals surface area contributed by atoms with Gasteiger partial charge in [0.2, 0.25) is 10.0 Å². The largest absolute Gasteiger partial charge is 0.385 e. The van der Waals surface area contributed by atoms with E-state index in [2.05, 4.69) is 14.9 Å². The lowest BCUT2D eigenvalue weighted by Crippen LogP contribution is -2.18. The van der Waals surface area contributed by atoms with Crippen LogP contribution in [0.4, 0.5) is 5.69 Å². The Morgan fingerprint density at radius 2 is 2.00 bits per heavy atom. The molecule has 1 aromatic heterocycles. The van der Waals surface area contributed by atoms with Crippen molar-refractivity contribution in [2.24, 2.45) is 0 Å². The molecule has 0 atom stereocenters. The van der Waals surface area contributed by atoms with E-state index in [1.165, 1.54) is 19.2 Å². The first-order valence-corrected chi connectivity index (χ1v) is 12.0. The van der Waals surface area contributed by atoms with Crippen molar-refractivity contribution in [3.05, 3.63) is 57.6 Å². The molecule has 0 bridgehead atoms. The van der Waals surface area contributed by atoms with Gasteiger partial charge >= 0.3 is 0 Å². The van der Waals surface area contributed by atoms with Gasteiger partial charge in [-0.3, -0.25) is 10.1 Å². The van der Waals surface area contributed by atoms with Gasteiger partial charge in [0, 0.05) is 31.9 Å². The summed E-state index contributed by atoms with van der Waals surface area (Å²) in [5.74, 6) is 0.520. The van der Waals surface area contributed by atoms with Gasteiger partial charge in [0.25, 0.3) is 5.69 Å². The Kier molecular flexibility index (Phi) is 7.85. The number of aromatic nitrogens is 3. The van der Waals surface area contributed by atoms with E-state index in [9.17, 15) is 18.5 Å². The van der Waals surface area contributed by atoms with Gasteiger partial charge in [-0.1, -0.05) is 23.7 Å². The van der Waals surface area contributed by atoms with Crippen LogP contribution in [0.2, 0.25) is 5.02 Å². The minimum absolute atomic E-state index is 0.200. The number of sulfonamides is 1. The second kappa shape index (κ2) is 10.4. The number of nitrogens with zero attached hydrogens (tertiary/aromatic N) is 4. The second-order valence-corrected chi connectivity index (χ2v) is 9.78. The maximum atomic E-state index is 12.0. The molecule has 0 fully saturated rings. The van der Waals surface area contributed by atoms with Gasteiger partial charge in [-0.25, -0.2) is 13.1 Å². The number of nitrogens with one attached hydrogen (secondary N) is 1. The van der Waals surface area contributed by atoms with E-state index in [1.54, 1.807) is 19.2 Å². The molecule has 170 valence electrons. The zero-order valence-corrected chi connectivity index (χ0v) is 19.6. The normalized spacial score (nSPS) is 11.6. The molecule has 0 saturated carbocycles. The standard InChI is InChI=1S/C19H20ClN5O5S2/c1-21-32(28,29)13-8-9-17(16(12-13)25(26)27)31-19-23-22-18(24(19)10-5-11-30-2)14-6-3-4-7-15(14)20/h3-4,6-9,12,21H,5,10-11H2,1-2H3. The summed E-state index contributed by atoms with van der Waals surface area (Å²) in [6.45, 7) is 0.991. The Hall–Kier alpha value is -2.51. The van der Waals surface area contributed by atoms with Crippen LogP contribution in [0, 0.1) is 10.1 Å². The van der Waals surface area contributed by atoms with Gasteiger partial charge in [0.15, 0.2) is 11.0 Å². The average molecular weight is 498 g/mol. The lowest BCUT2D eigenvalue weighted by molar-refractivity contribution is -0.388. The fraction of sp³-hybridized carbons (Fsp3) is 0.263. The fourth-order valence-electron chi connectivity index (χ4n) is 2.88. The maximum absolute atomic E-state index is 12.0. The van der Waals surface area contributed by atoms with Crippen LogP contribution >= 0.6 is 23.4 Å². The fourth-order valence-corrected chi connectivity index (χ4v) is 4.79. The van der Waals surface area contributed by atoms with Gasteiger partial charge in [-0.05, 0) is 49.5 Å². The van der Waals surface area contributed by atoms with E-state index in [-0.39, 0.29) is 15.5 Å². The Labute approximate surface area is 194 Å². The van der Waals surface area contributed by atoms with Gasteiger partial charge < -0.3 is 9.30 Å². The molecular formula is C19H20ClN5O5S2. The number of benzene rings is 2. The van der Waals surface area contributed by atoms with Gasteiger partial charge in [-0.2, -0.15) is 0 Å². The number of hydrogen-bond acceptors (Lipinski definition) is 8. The summed E-state index contributed by atoms with van der Waals surface area (Å²) < 4.78 is 33.2. The van der Waals surface area contributed by atoms with E-state index in [0.29, 0.717) is 41.1 Å². The Morgan fingerprint density at radius 3 is 2.66 bits per heavy atom. The highest BCUT2D eigenvalue weighted by atomic mass is 35.5. The zero-order chi connectivity index (χ0) is 23.3. The molecule has 0 saturated heterocycles. The molecule has 2 aromatic carbocycles. The van der Waals surface area contributed by atoms with Crippen LogP contribution in [0.15, 0.2) is 57.4 Å². The van der Waals surface area contributed by atoms with Crippen LogP contribution in [0.1, 0.15) is 6.42 Å². The third-order valence-electron chi connectivity index (χ3n) is 4.47. The van der Waals surface area contributed by atoms with Gasteiger partial charge in [0.05, 0.1) is 19.7 Å². The van der Waals surface area contributed by atoms with Crippen LogP contribution in [0.5, 0.6) is 0 Å². The van der Waals surface area contributed by atoms with Crippen molar-refractivity contribution in [2.45, 2.75) is 27.9 Å². The second-order valence-electron chi connectivity index (χ2n) is 6.48. The average Bonchev–Trinajstić information content (AvgIpc) is 3.16. The molecule has 32 heavy (non-hydrogen) atoms. The van der Waals surface area contributed by atoms with E-state index < -0.39 is 14.9 Å². The number of nitro benzene ring substituents is 1. The van der Waals surface area contributed by atoms with Crippen molar-refractivity contribution in [3.8, 4) is 11.4 Å². The highest BCUT2D eigenvalue weighted by Crippen LogP contribution is 2.37. The van der Waals surface area contributed by atoms with Crippen LogP contribution in [-0.4, -0.2) is 48.9 Å². The van der Waals surface area contributed by atoms with Crippen molar-refractivity contribution in [3.63, 3.8) is 0 Å². The molecule has 13 heteroatoms. The molecule has 1 heterocycles. The first-order chi connectivity index (χ1) is 15.3. The maximum Gasteiger partial charge on any atom is 0.284 e. The lowest BCUT2D eigenvalue weighted by Gasteiger charge is -2.11. The molecule has 3 rings (SSSR count). The molecule has 0 aliphatic heterocycles. The molecule has 1 N–H and O–H groups in total. The molecule has 0 unspecified atom stereocenters. The Morgan fingerprint density at radius 1 is 1.25 bits per heavy atom. The summed E-state index contributed by atoms with van der Waals surface area (Å²) in [6, 6.07) is 10.9. The first kappa shape index (κ1) is 24.1. The summed E-state index contributed by atoms with van der Waals surface area (Å²) in [5.41, 5.74) is 0.327. The summed E-state index contributed by atoms with van der Waals surface area (Å²) in [6.07, 6.45) is 0.654. The molecule has 0 aliphatic carbocycles. The number of halogens is 1. The molecule has 10 nitrogen and oxygen atoms in total. The molecule has 0 aliphatic rings. The van der Waals surface area contributed by atoms with Crippen LogP contribution < -0.4 is 4.72 Å². The Bertz CT molecular complexity index is 1230. The predicted molar refractivity (Wildman–Crippen MR) is 120 cm³/mol. The van der Waals surface area contributed by atoms with Gasteiger partial charge in [-0.15, -0.1) is 10.2 Å². The van der Waals surface area contributed by atoms with E-state index in [4.69, 9.17) is 16.3 Å². The number of hydrogen-bond donors (Lipinski definition) is 1. The number of nitro groups is 1. The predicted octanol–water partition coefficient (Wildman–Crippen LogP) is 3.60. The van der Waals surface area contributed by atoms with Gasteiger partial charge in [0.1, 0.15) is 0 Å². The third-order valence-corrected chi connectivity index (χ3v) is 7.26. The molecule has 0 spiro atoms. The van der Waals surface area contributed by atoms with Crippen molar-refractivity contribution < 1.29 is 18.1 Å². The smallest absolute Gasteiger partial charge is 0.284 e. The first-order valence-electron chi connectivity index (χ1n) is 9.35. The van der Waals surface area contributed by atoms with Crippen molar-refractivity contribution in [1.82, 2.24) is 19.5 Å². The van der Waals surface area contributed by atoms with Crippen LogP contribution in [0.25, 0.3) is 11.4 Å². The quantitative estimate of drug-likeness (QED) is 0.255.